The van der Waals surface area contributed by atoms with Crippen LogP contribution in [0.5, 0.6) is 5.75 Å². The Labute approximate surface area is 166 Å². The lowest BCUT2D eigenvalue weighted by atomic mass is 9.98. The van der Waals surface area contributed by atoms with Gasteiger partial charge in [0.25, 0.3) is 5.91 Å². The lowest BCUT2D eigenvalue weighted by molar-refractivity contribution is -0.118. The quantitative estimate of drug-likeness (QED) is 0.594. The van der Waals surface area contributed by atoms with E-state index in [1.165, 1.54) is 30.3 Å². The first-order valence-corrected chi connectivity index (χ1v) is 10.6. The molecule has 0 radical (unpaired) electrons. The number of carbonyl (C=O) groups is 1. The van der Waals surface area contributed by atoms with Crippen LogP contribution >= 0.6 is 0 Å². The van der Waals surface area contributed by atoms with Crippen LogP contribution in [0.2, 0.25) is 0 Å². The Morgan fingerprint density at radius 2 is 1.86 bits per heavy atom. The van der Waals surface area contributed by atoms with Crippen molar-refractivity contribution in [3.05, 3.63) is 66.7 Å². The second-order valence-electron chi connectivity index (χ2n) is 6.35. The number of hydrogen-bond acceptors (Lipinski definition) is 4. The molecule has 2 rings (SSSR count). The Morgan fingerprint density at radius 3 is 2.50 bits per heavy atom. The van der Waals surface area contributed by atoms with Crippen molar-refractivity contribution in [3.63, 3.8) is 0 Å². The van der Waals surface area contributed by atoms with E-state index in [1.807, 2.05) is 24.3 Å². The Kier molecular flexibility index (Phi) is 7.78. The number of ether oxygens (including phenoxy) is 1. The molecule has 0 fully saturated rings. The molecule has 1 atom stereocenters. The molecule has 0 aliphatic heterocycles. The van der Waals surface area contributed by atoms with Crippen LogP contribution in [0, 0.1) is 0 Å². The lowest BCUT2D eigenvalue weighted by Gasteiger charge is -2.15. The van der Waals surface area contributed by atoms with Crippen molar-refractivity contribution < 1.29 is 17.9 Å². The van der Waals surface area contributed by atoms with Crippen molar-refractivity contribution in [2.75, 3.05) is 18.5 Å². The van der Waals surface area contributed by atoms with E-state index < -0.39 is 10.0 Å². The minimum absolute atomic E-state index is 0.117. The molecule has 0 aliphatic carbocycles. The summed E-state index contributed by atoms with van der Waals surface area (Å²) in [6.45, 7) is 7.71. The highest BCUT2D eigenvalue weighted by Gasteiger charge is 2.14. The number of amides is 1. The molecule has 0 spiro atoms. The molecule has 2 aromatic rings. The molecule has 0 bridgehead atoms. The molecule has 1 unspecified atom stereocenters. The third-order valence-electron chi connectivity index (χ3n) is 4.29. The van der Waals surface area contributed by atoms with Crippen LogP contribution in [-0.2, 0) is 14.8 Å². The normalized spacial score (nSPS) is 12.2. The first kappa shape index (κ1) is 21.7. The van der Waals surface area contributed by atoms with E-state index in [2.05, 4.69) is 30.5 Å². The molecule has 2 aromatic carbocycles. The van der Waals surface area contributed by atoms with E-state index in [1.54, 1.807) is 0 Å². The highest BCUT2D eigenvalue weighted by atomic mass is 32.2. The van der Waals surface area contributed by atoms with Crippen molar-refractivity contribution in [1.29, 1.82) is 0 Å². The summed E-state index contributed by atoms with van der Waals surface area (Å²) in [4.78, 5) is 12.3. The molecule has 6 nitrogen and oxygen atoms in total. The van der Waals surface area contributed by atoms with Gasteiger partial charge in [-0.2, -0.15) is 0 Å². The largest absolute Gasteiger partial charge is 0.483 e. The molecule has 0 saturated carbocycles. The minimum Gasteiger partial charge on any atom is -0.483 e. The van der Waals surface area contributed by atoms with Crippen LogP contribution in [0.1, 0.15) is 31.7 Å². The maximum atomic E-state index is 12.2. The van der Waals surface area contributed by atoms with Crippen LogP contribution in [0.3, 0.4) is 0 Å². The van der Waals surface area contributed by atoms with Crippen LogP contribution < -0.4 is 14.8 Å². The van der Waals surface area contributed by atoms with E-state index >= 15 is 0 Å². The maximum Gasteiger partial charge on any atom is 0.262 e. The van der Waals surface area contributed by atoms with E-state index in [0.717, 1.165) is 12.0 Å². The van der Waals surface area contributed by atoms with E-state index in [4.69, 9.17) is 4.74 Å². The van der Waals surface area contributed by atoms with Crippen molar-refractivity contribution >= 4 is 21.6 Å². The van der Waals surface area contributed by atoms with E-state index in [0.29, 0.717) is 17.4 Å². The average Bonchev–Trinajstić information content (AvgIpc) is 2.71. The number of para-hydroxylation sites is 1. The fourth-order valence-electron chi connectivity index (χ4n) is 2.55. The van der Waals surface area contributed by atoms with Gasteiger partial charge in [-0.05, 0) is 48.2 Å². The summed E-state index contributed by atoms with van der Waals surface area (Å²) in [6, 6.07) is 13.6. The Bertz CT molecular complexity index is 908. The monoisotopic (exact) mass is 402 g/mol. The van der Waals surface area contributed by atoms with Gasteiger partial charge in [-0.1, -0.05) is 38.1 Å². The summed E-state index contributed by atoms with van der Waals surface area (Å²) in [5.74, 6) is 0.713. The number of hydrogen-bond donors (Lipinski definition) is 2. The van der Waals surface area contributed by atoms with Crippen molar-refractivity contribution in [2.45, 2.75) is 31.1 Å². The van der Waals surface area contributed by atoms with Gasteiger partial charge in [0, 0.05) is 12.2 Å². The molecule has 28 heavy (non-hydrogen) atoms. The lowest BCUT2D eigenvalue weighted by Crippen LogP contribution is -2.24. The standard InChI is InChI=1S/C21H26N2O4S/c1-4-14-22-28(25,26)18-12-10-17(11-13-18)23-21(24)15-27-20-9-7-6-8-19(20)16(3)5-2/h4,6-13,16,22H,1,5,14-15H2,2-3H3,(H,23,24). The highest BCUT2D eigenvalue weighted by molar-refractivity contribution is 7.89. The topological polar surface area (TPSA) is 84.5 Å². The van der Waals surface area contributed by atoms with Gasteiger partial charge in [0.05, 0.1) is 4.90 Å². The molecular weight excluding hydrogens is 376 g/mol. The van der Waals surface area contributed by atoms with Gasteiger partial charge < -0.3 is 10.1 Å². The third kappa shape index (κ3) is 5.94. The predicted molar refractivity (Wildman–Crippen MR) is 111 cm³/mol. The van der Waals surface area contributed by atoms with Gasteiger partial charge in [0.15, 0.2) is 6.61 Å². The number of anilines is 1. The predicted octanol–water partition coefficient (Wildman–Crippen LogP) is 3.68. The van der Waals surface area contributed by atoms with Crippen LogP contribution in [0.25, 0.3) is 0 Å². The van der Waals surface area contributed by atoms with Crippen LogP contribution in [-0.4, -0.2) is 27.5 Å². The molecule has 150 valence electrons. The second-order valence-corrected chi connectivity index (χ2v) is 8.12. The SMILES string of the molecule is C=CCNS(=O)(=O)c1ccc(NC(=O)COc2ccccc2C(C)CC)cc1. The fraction of sp³-hybridized carbons (Fsp3) is 0.286. The summed E-state index contributed by atoms with van der Waals surface area (Å²) in [7, 11) is -3.59. The molecule has 0 aliphatic rings. The minimum atomic E-state index is -3.59. The number of rotatable bonds is 10. The first-order chi connectivity index (χ1) is 13.4. The maximum absolute atomic E-state index is 12.2. The van der Waals surface area contributed by atoms with Crippen molar-refractivity contribution in [3.8, 4) is 5.75 Å². The average molecular weight is 403 g/mol. The van der Waals surface area contributed by atoms with Crippen molar-refractivity contribution in [1.82, 2.24) is 4.72 Å². The molecule has 0 aromatic heterocycles. The summed E-state index contributed by atoms with van der Waals surface area (Å²) in [5.41, 5.74) is 1.56. The number of carbonyl (C=O) groups excluding carboxylic acids is 1. The van der Waals surface area contributed by atoms with Crippen molar-refractivity contribution in [2.24, 2.45) is 0 Å². The summed E-state index contributed by atoms with van der Waals surface area (Å²) in [6.07, 6.45) is 2.44. The number of sulfonamides is 1. The summed E-state index contributed by atoms with van der Waals surface area (Å²) in [5, 5.41) is 2.70. The van der Waals surface area contributed by atoms with Gasteiger partial charge in [0.2, 0.25) is 10.0 Å². The number of nitrogens with one attached hydrogen (secondary N) is 2. The Morgan fingerprint density at radius 1 is 1.18 bits per heavy atom. The van der Waals surface area contributed by atoms with Gasteiger partial charge >= 0.3 is 0 Å². The molecule has 0 heterocycles. The molecule has 2 N–H and O–H groups in total. The summed E-state index contributed by atoms with van der Waals surface area (Å²) >= 11 is 0. The number of benzene rings is 2. The van der Waals surface area contributed by atoms with Gasteiger partial charge in [-0.25, -0.2) is 13.1 Å². The fourth-order valence-corrected chi connectivity index (χ4v) is 3.55. The zero-order chi connectivity index (χ0) is 20.6. The first-order valence-electron chi connectivity index (χ1n) is 9.09. The van der Waals surface area contributed by atoms with Gasteiger partial charge in [-0.3, -0.25) is 4.79 Å². The smallest absolute Gasteiger partial charge is 0.262 e. The summed E-state index contributed by atoms with van der Waals surface area (Å²) < 4.78 is 32.1. The molecular formula is C21H26N2O4S. The Balaban J connectivity index is 1.96. The zero-order valence-corrected chi connectivity index (χ0v) is 17.0. The van der Waals surface area contributed by atoms with Gasteiger partial charge in [-0.15, -0.1) is 6.58 Å². The molecule has 1 amide bonds. The molecule has 7 heteroatoms. The van der Waals surface area contributed by atoms with Crippen LogP contribution in [0.4, 0.5) is 5.69 Å². The van der Waals surface area contributed by atoms with Crippen LogP contribution in [0.15, 0.2) is 66.1 Å². The zero-order valence-electron chi connectivity index (χ0n) is 16.1. The Hall–Kier alpha value is -2.64. The highest BCUT2D eigenvalue weighted by Crippen LogP contribution is 2.28. The third-order valence-corrected chi connectivity index (χ3v) is 5.73. The van der Waals surface area contributed by atoms with Gasteiger partial charge in [0.1, 0.15) is 5.75 Å². The van der Waals surface area contributed by atoms with E-state index in [-0.39, 0.29) is 24.0 Å². The second kappa shape index (κ2) is 10.1. The molecule has 0 saturated heterocycles. The van der Waals surface area contributed by atoms with E-state index in [9.17, 15) is 13.2 Å².